The molecule has 0 aromatic carbocycles. The number of aryl methyl sites for hydroxylation is 1. The van der Waals surface area contributed by atoms with E-state index in [-0.39, 0.29) is 5.91 Å². The molecule has 1 amide bonds. The maximum Gasteiger partial charge on any atom is 0.238 e. The number of rotatable bonds is 4. The summed E-state index contributed by atoms with van der Waals surface area (Å²) in [4.78, 5) is 11.4. The number of anilines is 1. The number of carbonyl (C=O) groups excluding carboxylic acids is 1. The van der Waals surface area contributed by atoms with Crippen LogP contribution in [0.1, 0.15) is 18.5 Å². The van der Waals surface area contributed by atoms with Crippen LogP contribution in [0.2, 0.25) is 0 Å². The van der Waals surface area contributed by atoms with Gasteiger partial charge in [-0.1, -0.05) is 0 Å². The highest BCUT2D eigenvalue weighted by atomic mass is 32.1. The molecule has 0 spiro atoms. The average molecular weight is 211 g/mol. The minimum absolute atomic E-state index is 0.0144. The number of nitrogens with zero attached hydrogens (tertiary/aromatic N) is 1. The van der Waals surface area contributed by atoms with E-state index in [0.29, 0.717) is 12.6 Å². The molecule has 1 saturated carbocycles. The Morgan fingerprint density at radius 1 is 1.71 bits per heavy atom. The monoisotopic (exact) mass is 211 g/mol. The lowest BCUT2D eigenvalue weighted by Gasteiger charge is -2.02. The van der Waals surface area contributed by atoms with Crippen LogP contribution in [0, 0.1) is 6.92 Å². The van der Waals surface area contributed by atoms with E-state index in [9.17, 15) is 4.79 Å². The number of nitrogens with one attached hydrogen (secondary N) is 2. The molecular formula is C9H13N3OS. The van der Waals surface area contributed by atoms with Crippen LogP contribution >= 0.6 is 11.5 Å². The Morgan fingerprint density at radius 2 is 2.50 bits per heavy atom. The third-order valence-corrected chi connectivity index (χ3v) is 2.82. The van der Waals surface area contributed by atoms with E-state index >= 15 is 0 Å². The number of hydrogen-bond donors (Lipinski definition) is 2. The van der Waals surface area contributed by atoms with Gasteiger partial charge in [0.2, 0.25) is 5.91 Å². The summed E-state index contributed by atoms with van der Waals surface area (Å²) in [6.45, 7) is 2.32. The molecule has 14 heavy (non-hydrogen) atoms. The van der Waals surface area contributed by atoms with Crippen LogP contribution in [0.15, 0.2) is 6.07 Å². The second-order valence-corrected chi connectivity index (χ2v) is 4.34. The van der Waals surface area contributed by atoms with Crippen molar-refractivity contribution in [3.8, 4) is 0 Å². The van der Waals surface area contributed by atoms with E-state index in [1.165, 1.54) is 24.4 Å². The van der Waals surface area contributed by atoms with E-state index < -0.39 is 0 Å². The zero-order valence-electron chi connectivity index (χ0n) is 8.04. The highest BCUT2D eigenvalue weighted by molar-refractivity contribution is 7.10. The average Bonchev–Trinajstić information content (AvgIpc) is 2.88. The number of aromatic nitrogens is 1. The minimum atomic E-state index is 0.0144. The van der Waals surface area contributed by atoms with Crippen LogP contribution in [0.25, 0.3) is 0 Å². The molecule has 2 N–H and O–H groups in total. The van der Waals surface area contributed by atoms with Crippen LogP contribution in [-0.4, -0.2) is 22.9 Å². The summed E-state index contributed by atoms with van der Waals surface area (Å²) >= 11 is 1.32. The molecule has 1 heterocycles. The van der Waals surface area contributed by atoms with Crippen molar-refractivity contribution in [2.45, 2.75) is 25.8 Å². The van der Waals surface area contributed by atoms with Crippen molar-refractivity contribution in [2.24, 2.45) is 0 Å². The van der Waals surface area contributed by atoms with Crippen LogP contribution in [-0.2, 0) is 4.79 Å². The van der Waals surface area contributed by atoms with E-state index in [2.05, 4.69) is 15.0 Å². The molecule has 1 aliphatic rings. The maximum absolute atomic E-state index is 11.4. The summed E-state index contributed by atoms with van der Waals surface area (Å²) in [5, 5.41) is 6.78. The van der Waals surface area contributed by atoms with Crippen molar-refractivity contribution in [3.05, 3.63) is 11.8 Å². The van der Waals surface area contributed by atoms with Gasteiger partial charge in [-0.25, -0.2) is 0 Å². The molecule has 1 aromatic rings. The molecule has 5 heteroatoms. The normalized spacial score (nSPS) is 15.5. The lowest BCUT2D eigenvalue weighted by atomic mass is 10.4. The molecule has 4 nitrogen and oxygen atoms in total. The summed E-state index contributed by atoms with van der Waals surface area (Å²) in [6, 6.07) is 2.45. The lowest BCUT2D eigenvalue weighted by molar-refractivity contribution is -0.115. The van der Waals surface area contributed by atoms with Crippen LogP contribution in [0.5, 0.6) is 0 Å². The van der Waals surface area contributed by atoms with Crippen LogP contribution < -0.4 is 10.6 Å². The van der Waals surface area contributed by atoms with E-state index in [0.717, 1.165) is 10.7 Å². The SMILES string of the molecule is Cc1cc(NC(=O)CNC2CC2)sn1. The Balaban J connectivity index is 1.75. The molecule has 0 unspecified atom stereocenters. The van der Waals surface area contributed by atoms with Gasteiger partial charge in [0, 0.05) is 6.04 Å². The van der Waals surface area contributed by atoms with Crippen molar-refractivity contribution < 1.29 is 4.79 Å². The summed E-state index contributed by atoms with van der Waals surface area (Å²) < 4.78 is 4.08. The topological polar surface area (TPSA) is 54.0 Å². The molecule has 0 radical (unpaired) electrons. The fraction of sp³-hybridized carbons (Fsp3) is 0.556. The lowest BCUT2D eigenvalue weighted by Crippen LogP contribution is -2.29. The van der Waals surface area contributed by atoms with E-state index in [1.54, 1.807) is 0 Å². The van der Waals surface area contributed by atoms with Crippen molar-refractivity contribution in [3.63, 3.8) is 0 Å². The van der Waals surface area contributed by atoms with Gasteiger partial charge in [0.15, 0.2) is 0 Å². The second kappa shape index (κ2) is 4.06. The Morgan fingerprint density at radius 3 is 3.07 bits per heavy atom. The molecule has 1 aliphatic carbocycles. The molecule has 76 valence electrons. The zero-order valence-corrected chi connectivity index (χ0v) is 8.86. The number of hydrogen-bond acceptors (Lipinski definition) is 4. The third kappa shape index (κ3) is 2.78. The first kappa shape index (κ1) is 9.61. The maximum atomic E-state index is 11.4. The fourth-order valence-corrected chi connectivity index (χ4v) is 1.81. The molecule has 0 bridgehead atoms. The number of carbonyl (C=O) groups is 1. The molecule has 0 aliphatic heterocycles. The van der Waals surface area contributed by atoms with Crippen LogP contribution in [0.3, 0.4) is 0 Å². The van der Waals surface area contributed by atoms with Crippen molar-refractivity contribution >= 4 is 22.4 Å². The Bertz CT molecular complexity index is 333. The first-order valence-corrected chi connectivity index (χ1v) is 5.48. The molecule has 1 fully saturated rings. The highest BCUT2D eigenvalue weighted by Crippen LogP contribution is 2.18. The van der Waals surface area contributed by atoms with Gasteiger partial charge in [-0.2, -0.15) is 4.37 Å². The minimum Gasteiger partial charge on any atom is -0.315 e. The van der Waals surface area contributed by atoms with Crippen molar-refractivity contribution in [2.75, 3.05) is 11.9 Å². The Kier molecular flexibility index (Phi) is 2.79. The smallest absolute Gasteiger partial charge is 0.238 e. The second-order valence-electron chi connectivity index (χ2n) is 3.54. The van der Waals surface area contributed by atoms with Crippen molar-refractivity contribution in [1.82, 2.24) is 9.69 Å². The van der Waals surface area contributed by atoms with Crippen molar-refractivity contribution in [1.29, 1.82) is 0 Å². The van der Waals surface area contributed by atoms with Crippen LogP contribution in [0.4, 0.5) is 5.00 Å². The highest BCUT2D eigenvalue weighted by Gasteiger charge is 2.21. The largest absolute Gasteiger partial charge is 0.315 e. The molecular weight excluding hydrogens is 198 g/mol. The zero-order chi connectivity index (χ0) is 9.97. The first-order valence-electron chi connectivity index (χ1n) is 4.70. The van der Waals surface area contributed by atoms with Gasteiger partial charge in [0.1, 0.15) is 5.00 Å². The van der Waals surface area contributed by atoms with Gasteiger partial charge >= 0.3 is 0 Å². The van der Waals surface area contributed by atoms with E-state index in [4.69, 9.17) is 0 Å². The van der Waals surface area contributed by atoms with Gasteiger partial charge in [0.25, 0.3) is 0 Å². The van der Waals surface area contributed by atoms with Gasteiger partial charge in [-0.15, -0.1) is 0 Å². The predicted molar refractivity (Wildman–Crippen MR) is 56.5 cm³/mol. The first-order chi connectivity index (χ1) is 6.74. The summed E-state index contributed by atoms with van der Waals surface area (Å²) in [5.41, 5.74) is 0.945. The number of amides is 1. The van der Waals surface area contributed by atoms with Gasteiger partial charge < -0.3 is 10.6 Å². The van der Waals surface area contributed by atoms with Gasteiger partial charge in [-0.05, 0) is 37.4 Å². The molecule has 0 saturated heterocycles. The molecule has 2 rings (SSSR count). The quantitative estimate of drug-likeness (QED) is 0.785. The van der Waals surface area contributed by atoms with Gasteiger partial charge in [-0.3, -0.25) is 4.79 Å². The summed E-state index contributed by atoms with van der Waals surface area (Å²) in [5.74, 6) is 0.0144. The molecule has 0 atom stereocenters. The third-order valence-electron chi connectivity index (χ3n) is 2.02. The standard InChI is InChI=1S/C9H13N3OS/c1-6-4-9(14-12-6)11-8(13)5-10-7-2-3-7/h4,7,10H,2-3,5H2,1H3,(H,11,13). The molecule has 1 aromatic heterocycles. The Hall–Kier alpha value is -0.940. The predicted octanol–water partition coefficient (Wildman–Crippen LogP) is 1.14. The van der Waals surface area contributed by atoms with Gasteiger partial charge in [0.05, 0.1) is 12.2 Å². The summed E-state index contributed by atoms with van der Waals surface area (Å²) in [6.07, 6.45) is 2.40. The fourth-order valence-electron chi connectivity index (χ4n) is 1.13. The summed E-state index contributed by atoms with van der Waals surface area (Å²) in [7, 11) is 0. The Labute approximate surface area is 86.9 Å². The van der Waals surface area contributed by atoms with E-state index in [1.807, 2.05) is 13.0 Å².